The molecule has 3 aromatic carbocycles. The van der Waals surface area contributed by atoms with Gasteiger partial charge in [0.15, 0.2) is 11.4 Å². The highest BCUT2D eigenvalue weighted by Gasteiger charge is 2.38. The molecule has 1 aliphatic rings. The highest BCUT2D eigenvalue weighted by Crippen LogP contribution is 2.43. The van der Waals surface area contributed by atoms with Gasteiger partial charge < -0.3 is 24.5 Å². The minimum Gasteiger partial charge on any atom is -0.392 e. The number of aryl methyl sites for hydroxylation is 1. The van der Waals surface area contributed by atoms with E-state index in [2.05, 4.69) is 22.4 Å². The molecular formula is C31H31Cl3N4O4S. The monoisotopic (exact) mass is 660 g/mol. The molecule has 12 heteroatoms. The zero-order valence-electron chi connectivity index (χ0n) is 23.5. The van der Waals surface area contributed by atoms with Crippen LogP contribution in [0.4, 0.5) is 0 Å². The Morgan fingerprint density at radius 1 is 1.02 bits per heavy atom. The van der Waals surface area contributed by atoms with Crippen molar-refractivity contribution in [3.8, 4) is 11.1 Å². The molecule has 226 valence electrons. The molecule has 1 saturated heterocycles. The lowest BCUT2D eigenvalue weighted by molar-refractivity contribution is -0.268. The number of aliphatic hydroxyl groups is 1. The summed E-state index contributed by atoms with van der Waals surface area (Å²) in [6.45, 7) is 2.32. The number of aliphatic hydroxyl groups excluding tert-OH is 1. The number of aromatic nitrogens is 3. The first-order valence-electron chi connectivity index (χ1n) is 13.6. The van der Waals surface area contributed by atoms with Crippen LogP contribution in [0.1, 0.15) is 41.6 Å². The van der Waals surface area contributed by atoms with Gasteiger partial charge >= 0.3 is 0 Å². The van der Waals surface area contributed by atoms with Crippen molar-refractivity contribution in [2.75, 3.05) is 5.75 Å². The first-order valence-corrected chi connectivity index (χ1v) is 15.8. The van der Waals surface area contributed by atoms with Crippen molar-refractivity contribution in [1.82, 2.24) is 20.1 Å². The fourth-order valence-electron chi connectivity index (χ4n) is 4.92. The van der Waals surface area contributed by atoms with E-state index < -0.39 is 16.0 Å². The molecule has 43 heavy (non-hydrogen) atoms. The summed E-state index contributed by atoms with van der Waals surface area (Å²) in [7, 11) is 1.92. The predicted molar refractivity (Wildman–Crippen MR) is 169 cm³/mol. The van der Waals surface area contributed by atoms with E-state index in [0.29, 0.717) is 5.75 Å². The number of ether oxygens (including phenoxy) is 2. The van der Waals surface area contributed by atoms with Crippen LogP contribution in [0, 0.1) is 5.92 Å². The lowest BCUT2D eigenvalue weighted by Gasteiger charge is -2.41. The second kappa shape index (κ2) is 14.0. The molecule has 4 aromatic rings. The first kappa shape index (κ1) is 31.8. The van der Waals surface area contributed by atoms with E-state index in [1.54, 1.807) is 18.1 Å². The molecule has 0 saturated carbocycles. The second-order valence-electron chi connectivity index (χ2n) is 10.3. The number of carbonyl (C=O) groups is 1. The summed E-state index contributed by atoms with van der Waals surface area (Å²) in [6.07, 6.45) is 0.722. The maximum absolute atomic E-state index is 12.1. The molecular weight excluding hydrogens is 631 g/mol. The fourth-order valence-corrected chi connectivity index (χ4v) is 6.17. The average molecular weight is 662 g/mol. The van der Waals surface area contributed by atoms with E-state index >= 15 is 0 Å². The van der Waals surface area contributed by atoms with Gasteiger partial charge in [0, 0.05) is 30.8 Å². The van der Waals surface area contributed by atoms with E-state index in [9.17, 15) is 9.90 Å². The largest absolute Gasteiger partial charge is 0.392 e. The Kier molecular flexibility index (Phi) is 10.3. The molecule has 2 N–H and O–H groups in total. The van der Waals surface area contributed by atoms with Gasteiger partial charge in [-0.2, -0.15) is 0 Å². The third-order valence-corrected chi connectivity index (χ3v) is 9.02. The van der Waals surface area contributed by atoms with Crippen molar-refractivity contribution >= 4 is 52.5 Å². The van der Waals surface area contributed by atoms with Crippen LogP contribution in [0.3, 0.4) is 0 Å². The summed E-state index contributed by atoms with van der Waals surface area (Å²) < 4.78 is 13.0. The van der Waals surface area contributed by atoms with Crippen LogP contribution < -0.4 is 5.32 Å². The summed E-state index contributed by atoms with van der Waals surface area (Å²) in [6, 6.07) is 23.6. The normalized spacial score (nSPS) is 20.6. The Morgan fingerprint density at radius 2 is 1.72 bits per heavy atom. The van der Waals surface area contributed by atoms with E-state index in [1.807, 2.05) is 84.4 Å². The standard InChI is InChI=1S/C31H31Cl3N4O4S/c1-19-26(17-43-30-37-36-18-38(30)2)41-28(42-27(19)22-9-7-20(16-39)8-10-22)23-13-11-21(12-14-23)25-6-4-3-5-24(25)15-35-29(40)31(32,33)34/h3-14,18-19,26-28,39H,15-17H2,1-2H3,(H,35,40)/t19-,26+,27+,28+/m0/s1. The minimum absolute atomic E-state index is 0.0151. The fraction of sp³-hybridized carbons (Fsp3) is 0.323. The van der Waals surface area contributed by atoms with Crippen molar-refractivity contribution < 1.29 is 19.4 Å². The Bertz CT molecular complexity index is 1530. The minimum atomic E-state index is -2.03. The Morgan fingerprint density at radius 3 is 2.37 bits per heavy atom. The topological polar surface area (TPSA) is 98.5 Å². The van der Waals surface area contributed by atoms with Gasteiger partial charge in [-0.1, -0.05) is 126 Å². The molecule has 0 radical (unpaired) electrons. The van der Waals surface area contributed by atoms with E-state index in [0.717, 1.165) is 38.5 Å². The number of nitrogens with zero attached hydrogens (tertiary/aromatic N) is 3. The van der Waals surface area contributed by atoms with E-state index in [4.69, 9.17) is 44.3 Å². The SMILES string of the molecule is C[C@H]1[C@@H](CSc2nncn2C)O[C@@H](c2ccc(-c3ccccc3CNC(=O)C(Cl)(Cl)Cl)cc2)O[C@H]1c1ccc(CO)cc1. The zero-order chi connectivity index (χ0) is 30.6. The third kappa shape index (κ3) is 7.72. The van der Waals surface area contributed by atoms with Gasteiger partial charge in [0.1, 0.15) is 6.33 Å². The Hall–Kier alpha value is -2.63. The van der Waals surface area contributed by atoms with Gasteiger partial charge in [-0.15, -0.1) is 10.2 Å². The highest BCUT2D eigenvalue weighted by molar-refractivity contribution is 7.99. The van der Waals surface area contributed by atoms with Gasteiger partial charge in [0.05, 0.1) is 18.8 Å². The van der Waals surface area contributed by atoms with Gasteiger partial charge in [0.2, 0.25) is 0 Å². The van der Waals surface area contributed by atoms with E-state index in [-0.39, 0.29) is 31.3 Å². The molecule has 1 aromatic heterocycles. The Balaban J connectivity index is 1.37. The molecule has 1 amide bonds. The average Bonchev–Trinajstić information content (AvgIpc) is 3.43. The summed E-state index contributed by atoms with van der Waals surface area (Å²) in [4.78, 5) is 12.1. The van der Waals surface area contributed by atoms with Crippen LogP contribution in [-0.4, -0.2) is 41.4 Å². The molecule has 5 rings (SSSR count). The van der Waals surface area contributed by atoms with Crippen LogP contribution in [0.2, 0.25) is 0 Å². The number of nitrogens with one attached hydrogen (secondary N) is 1. The molecule has 4 atom stereocenters. The number of alkyl halides is 3. The van der Waals surface area contributed by atoms with Crippen LogP contribution in [0.25, 0.3) is 11.1 Å². The lowest BCUT2D eigenvalue weighted by atomic mass is 9.91. The smallest absolute Gasteiger partial charge is 0.272 e. The number of hydrogen-bond donors (Lipinski definition) is 2. The number of thioether (sulfide) groups is 1. The number of carbonyl (C=O) groups excluding carboxylic acids is 1. The number of benzene rings is 3. The van der Waals surface area contributed by atoms with Crippen LogP contribution in [0.15, 0.2) is 84.3 Å². The van der Waals surface area contributed by atoms with Crippen LogP contribution >= 0.6 is 46.6 Å². The summed E-state index contributed by atoms with van der Waals surface area (Å²) in [5.41, 5.74) is 5.52. The van der Waals surface area contributed by atoms with Gasteiger partial charge in [0.25, 0.3) is 9.70 Å². The highest BCUT2D eigenvalue weighted by atomic mass is 35.6. The molecule has 2 heterocycles. The number of halogens is 3. The second-order valence-corrected chi connectivity index (χ2v) is 13.6. The predicted octanol–water partition coefficient (Wildman–Crippen LogP) is 6.54. The van der Waals surface area contributed by atoms with Gasteiger partial charge in [-0.05, 0) is 27.8 Å². The van der Waals surface area contributed by atoms with Crippen LogP contribution in [0.5, 0.6) is 0 Å². The summed E-state index contributed by atoms with van der Waals surface area (Å²) >= 11 is 18.7. The van der Waals surface area contributed by atoms with Gasteiger partial charge in [-0.25, -0.2) is 0 Å². The van der Waals surface area contributed by atoms with Gasteiger partial charge in [-0.3, -0.25) is 4.79 Å². The van der Waals surface area contributed by atoms with Crippen molar-refractivity contribution in [2.24, 2.45) is 13.0 Å². The van der Waals surface area contributed by atoms with Crippen molar-refractivity contribution in [3.05, 3.63) is 101 Å². The molecule has 0 spiro atoms. The summed E-state index contributed by atoms with van der Waals surface area (Å²) in [5, 5.41) is 21.2. The maximum atomic E-state index is 12.1. The molecule has 0 unspecified atom stereocenters. The lowest BCUT2D eigenvalue weighted by Crippen LogP contribution is -2.38. The van der Waals surface area contributed by atoms with Crippen LogP contribution in [-0.2, 0) is 34.5 Å². The number of rotatable bonds is 9. The maximum Gasteiger partial charge on any atom is 0.272 e. The molecule has 0 bridgehead atoms. The summed E-state index contributed by atoms with van der Waals surface area (Å²) in [5.74, 6) is 0.0337. The Labute approximate surface area is 269 Å². The molecule has 1 aliphatic heterocycles. The third-order valence-electron chi connectivity index (χ3n) is 7.38. The quantitative estimate of drug-likeness (QED) is 0.155. The molecule has 8 nitrogen and oxygen atoms in total. The number of hydrogen-bond acceptors (Lipinski definition) is 7. The van der Waals surface area contributed by atoms with E-state index in [1.165, 1.54) is 0 Å². The van der Waals surface area contributed by atoms with Crippen molar-refractivity contribution in [2.45, 2.75) is 47.5 Å². The molecule has 1 fully saturated rings. The zero-order valence-corrected chi connectivity index (χ0v) is 26.6. The molecule has 0 aliphatic carbocycles. The van der Waals surface area contributed by atoms with Crippen molar-refractivity contribution in [1.29, 1.82) is 0 Å². The van der Waals surface area contributed by atoms with Crippen molar-refractivity contribution in [3.63, 3.8) is 0 Å². The first-order chi connectivity index (χ1) is 20.6. The number of amides is 1.